The van der Waals surface area contributed by atoms with Gasteiger partial charge in [0.25, 0.3) is 0 Å². The first-order valence-electron chi connectivity index (χ1n) is 14.4. The van der Waals surface area contributed by atoms with Crippen molar-refractivity contribution in [2.24, 2.45) is 0 Å². The van der Waals surface area contributed by atoms with Crippen molar-refractivity contribution >= 4 is 17.8 Å². The Kier molecular flexibility index (Phi) is 10.3. The summed E-state index contributed by atoms with van der Waals surface area (Å²) in [7, 11) is 1.70. The van der Waals surface area contributed by atoms with E-state index >= 15 is 0 Å². The smallest absolute Gasteiger partial charge is 0.334 e. The number of benzene rings is 2. The molecule has 1 N–H and O–H groups in total. The summed E-state index contributed by atoms with van der Waals surface area (Å²) >= 11 is 0. The number of carbonyl (C=O) groups excluding carboxylic acids is 3. The van der Waals surface area contributed by atoms with Gasteiger partial charge in [-0.3, -0.25) is 9.59 Å². The van der Waals surface area contributed by atoms with Gasteiger partial charge in [-0.1, -0.05) is 86.7 Å². The van der Waals surface area contributed by atoms with Crippen LogP contribution in [0.2, 0.25) is 0 Å². The Morgan fingerprint density at radius 2 is 1.83 bits per heavy atom. The fraction of sp³-hybridized carbons (Fsp3) is 0.364. The number of hydrazine groups is 1. The van der Waals surface area contributed by atoms with Crippen molar-refractivity contribution in [3.05, 3.63) is 108 Å². The molecule has 2 aliphatic rings. The highest BCUT2D eigenvalue weighted by Crippen LogP contribution is 2.32. The zero-order valence-corrected chi connectivity index (χ0v) is 24.6. The Hall–Kier alpha value is -4.24. The van der Waals surface area contributed by atoms with E-state index < -0.39 is 18.2 Å². The number of nitrogens with one attached hydrogen (secondary N) is 1. The minimum atomic E-state index is -0.679. The maximum Gasteiger partial charge on any atom is 0.334 e. The molecule has 3 atom stereocenters. The Bertz CT molecular complexity index is 1330. The average Bonchev–Trinajstić information content (AvgIpc) is 2.97. The molecule has 2 aromatic carbocycles. The molecule has 4 rings (SSSR count). The van der Waals surface area contributed by atoms with Crippen molar-refractivity contribution < 1.29 is 18.8 Å². The van der Waals surface area contributed by atoms with E-state index in [2.05, 4.69) is 11.9 Å². The highest BCUT2D eigenvalue weighted by molar-refractivity contribution is 5.91. The lowest BCUT2D eigenvalue weighted by molar-refractivity contribution is -0.187. The predicted octanol–water partition coefficient (Wildman–Crippen LogP) is 4.84. The molecule has 2 aromatic rings. The summed E-state index contributed by atoms with van der Waals surface area (Å²) in [5, 5.41) is 6.04. The van der Waals surface area contributed by atoms with Gasteiger partial charge < -0.3 is 15.1 Å². The molecular weight excluding hydrogens is 533 g/mol. The van der Waals surface area contributed by atoms with Gasteiger partial charge in [-0.2, -0.15) is 0 Å². The molecule has 42 heavy (non-hydrogen) atoms. The SMILES string of the molecule is C=C(/C=C\C=C/C)C(CN1C[C@H]2N(C(=O)CN(C)N2C(=O)NCc2ccc(F)cc2)[C@@H](CCC)C1=O)c1ccccc1. The maximum atomic E-state index is 14.0. The van der Waals surface area contributed by atoms with E-state index in [0.717, 1.165) is 16.7 Å². The molecule has 2 heterocycles. The molecule has 222 valence electrons. The fourth-order valence-corrected chi connectivity index (χ4v) is 5.63. The van der Waals surface area contributed by atoms with Crippen LogP contribution in [0.5, 0.6) is 0 Å². The summed E-state index contributed by atoms with van der Waals surface area (Å²) in [4.78, 5) is 44.3. The third-order valence-corrected chi connectivity index (χ3v) is 7.73. The second-order valence-electron chi connectivity index (χ2n) is 10.7. The zero-order chi connectivity index (χ0) is 30.2. The van der Waals surface area contributed by atoms with Crippen molar-refractivity contribution in [3.8, 4) is 0 Å². The Morgan fingerprint density at radius 1 is 1.12 bits per heavy atom. The van der Waals surface area contributed by atoms with Crippen molar-refractivity contribution in [3.63, 3.8) is 0 Å². The number of hydrogen-bond acceptors (Lipinski definition) is 4. The lowest BCUT2D eigenvalue weighted by Crippen LogP contribution is -2.76. The van der Waals surface area contributed by atoms with Gasteiger partial charge in [-0.25, -0.2) is 19.2 Å². The zero-order valence-electron chi connectivity index (χ0n) is 24.6. The third kappa shape index (κ3) is 6.97. The molecule has 2 fully saturated rings. The quantitative estimate of drug-likeness (QED) is 0.413. The fourth-order valence-electron chi connectivity index (χ4n) is 5.63. The molecule has 0 spiro atoms. The van der Waals surface area contributed by atoms with Crippen molar-refractivity contribution in [1.82, 2.24) is 25.1 Å². The van der Waals surface area contributed by atoms with Gasteiger partial charge in [0, 0.05) is 26.1 Å². The van der Waals surface area contributed by atoms with E-state index in [1.807, 2.05) is 68.5 Å². The van der Waals surface area contributed by atoms with Crippen molar-refractivity contribution in [2.75, 3.05) is 26.7 Å². The van der Waals surface area contributed by atoms with Crippen LogP contribution >= 0.6 is 0 Å². The molecule has 2 saturated heterocycles. The van der Waals surface area contributed by atoms with Gasteiger partial charge in [-0.05, 0) is 42.2 Å². The number of hydrogen-bond donors (Lipinski definition) is 1. The number of fused-ring (bicyclic) bond motifs is 1. The van der Waals surface area contributed by atoms with E-state index in [0.29, 0.717) is 19.4 Å². The summed E-state index contributed by atoms with van der Waals surface area (Å²) in [6, 6.07) is 14.8. The highest BCUT2D eigenvalue weighted by Gasteiger charge is 2.50. The second-order valence-corrected chi connectivity index (χ2v) is 10.7. The van der Waals surface area contributed by atoms with Crippen LogP contribution < -0.4 is 5.32 Å². The van der Waals surface area contributed by atoms with Gasteiger partial charge in [0.15, 0.2) is 0 Å². The molecule has 1 unspecified atom stereocenters. The minimum absolute atomic E-state index is 0.0207. The summed E-state index contributed by atoms with van der Waals surface area (Å²) in [6.07, 6.45) is 8.27. The first-order valence-corrected chi connectivity index (χ1v) is 14.4. The van der Waals surface area contributed by atoms with E-state index in [1.165, 1.54) is 17.1 Å². The Morgan fingerprint density at radius 3 is 2.50 bits per heavy atom. The van der Waals surface area contributed by atoms with Crippen LogP contribution in [0.1, 0.15) is 43.7 Å². The number of nitrogens with zero attached hydrogens (tertiary/aromatic N) is 4. The lowest BCUT2D eigenvalue weighted by atomic mass is 9.90. The molecule has 0 bridgehead atoms. The van der Waals surface area contributed by atoms with Gasteiger partial charge in [0.05, 0.1) is 13.1 Å². The van der Waals surface area contributed by atoms with Gasteiger partial charge >= 0.3 is 6.03 Å². The molecule has 8 nitrogen and oxygen atoms in total. The number of urea groups is 1. The minimum Gasteiger partial charge on any atom is -0.336 e. The summed E-state index contributed by atoms with van der Waals surface area (Å²) in [5.41, 5.74) is 2.63. The number of carbonyl (C=O) groups is 3. The average molecular weight is 574 g/mol. The number of rotatable bonds is 10. The number of likely N-dealkylation sites (N-methyl/N-ethyl adjacent to an activating group) is 1. The van der Waals surface area contributed by atoms with Gasteiger partial charge in [0.2, 0.25) is 11.8 Å². The molecule has 0 radical (unpaired) electrons. The van der Waals surface area contributed by atoms with Crippen LogP contribution in [0.4, 0.5) is 9.18 Å². The number of allylic oxidation sites excluding steroid dienone is 4. The maximum absolute atomic E-state index is 14.0. The largest absolute Gasteiger partial charge is 0.336 e. The third-order valence-electron chi connectivity index (χ3n) is 7.73. The van der Waals surface area contributed by atoms with Crippen LogP contribution in [-0.2, 0) is 16.1 Å². The molecule has 2 aliphatic heterocycles. The molecule has 0 aromatic heterocycles. The van der Waals surface area contributed by atoms with Gasteiger partial charge in [0.1, 0.15) is 18.0 Å². The summed E-state index contributed by atoms with van der Waals surface area (Å²) < 4.78 is 13.4. The molecular formula is C33H40FN5O3. The lowest BCUT2D eigenvalue weighted by Gasteiger charge is -2.54. The van der Waals surface area contributed by atoms with Crippen LogP contribution in [-0.4, -0.2) is 76.6 Å². The second kappa shape index (κ2) is 14.1. The highest BCUT2D eigenvalue weighted by atomic mass is 19.1. The van der Waals surface area contributed by atoms with E-state index in [4.69, 9.17) is 0 Å². The van der Waals surface area contributed by atoms with Crippen molar-refractivity contribution in [2.45, 2.75) is 51.4 Å². The Balaban J connectivity index is 1.63. The molecule has 0 saturated carbocycles. The van der Waals surface area contributed by atoms with Crippen LogP contribution in [0.25, 0.3) is 0 Å². The topological polar surface area (TPSA) is 76.2 Å². The Labute approximate surface area is 247 Å². The molecule has 0 aliphatic carbocycles. The van der Waals surface area contributed by atoms with E-state index in [9.17, 15) is 18.8 Å². The monoisotopic (exact) mass is 573 g/mol. The number of halogens is 1. The van der Waals surface area contributed by atoms with Crippen LogP contribution in [0.3, 0.4) is 0 Å². The first-order chi connectivity index (χ1) is 20.2. The van der Waals surface area contributed by atoms with Crippen LogP contribution in [0.15, 0.2) is 91.1 Å². The molecule has 9 heteroatoms. The normalized spacial score (nSPS) is 20.3. The van der Waals surface area contributed by atoms with Crippen LogP contribution in [0, 0.1) is 5.82 Å². The summed E-state index contributed by atoms with van der Waals surface area (Å²) in [5.74, 6) is -0.834. The number of piperazine rings is 1. The number of amides is 4. The van der Waals surface area contributed by atoms with E-state index in [1.54, 1.807) is 34.0 Å². The van der Waals surface area contributed by atoms with Gasteiger partial charge in [-0.15, -0.1) is 0 Å². The summed E-state index contributed by atoms with van der Waals surface area (Å²) in [6.45, 7) is 8.94. The first kappa shape index (κ1) is 30.7. The standard InChI is InChI=1S/C33H40FN5O3/c1-5-7-9-13-24(3)28(26-14-10-8-11-15-26)21-37-22-30-38(29(12-6-2)32(37)41)31(40)23-36(4)39(30)33(42)35-20-25-16-18-27(34)19-17-25/h5,7-11,13-19,28-30H,3,6,12,20-23H2,1-2,4H3,(H,35,42)/b7-5-,13-9-/t28?,29-,30-/m0/s1. The predicted molar refractivity (Wildman–Crippen MR) is 161 cm³/mol. The van der Waals surface area contributed by atoms with E-state index in [-0.39, 0.29) is 43.2 Å². The molecule has 4 amide bonds. The van der Waals surface area contributed by atoms with Crippen molar-refractivity contribution in [1.29, 1.82) is 0 Å².